The van der Waals surface area contributed by atoms with E-state index in [2.05, 4.69) is 40.3 Å². The Kier molecular flexibility index (Phi) is 5.04. The molecule has 2 saturated heterocycles. The quantitative estimate of drug-likeness (QED) is 0.900. The van der Waals surface area contributed by atoms with Gasteiger partial charge in [0.25, 0.3) is 0 Å². The lowest BCUT2D eigenvalue weighted by atomic mass is 9.93. The second kappa shape index (κ2) is 7.58. The largest absolute Gasteiger partial charge is 0.445 e. The summed E-state index contributed by atoms with van der Waals surface area (Å²) in [5, 5.41) is 3.72. The summed E-state index contributed by atoms with van der Waals surface area (Å²) in [6.45, 7) is 6.66. The number of rotatable bonds is 5. The zero-order valence-corrected chi connectivity index (χ0v) is 14.9. The van der Waals surface area contributed by atoms with Gasteiger partial charge in [0.2, 0.25) is 5.89 Å². The Hall–Kier alpha value is -1.85. The molecular weight excluding hydrogens is 314 g/mol. The van der Waals surface area contributed by atoms with Crippen LogP contribution < -0.4 is 5.32 Å². The van der Waals surface area contributed by atoms with Crippen molar-refractivity contribution in [2.24, 2.45) is 5.92 Å². The third-order valence-electron chi connectivity index (χ3n) is 5.37. The number of hydrogen-bond donors (Lipinski definition) is 1. The zero-order valence-electron chi connectivity index (χ0n) is 14.9. The standard InChI is InChI=1S/C20H27N3O2/c1-15-13-23(14-18-6-3-10-24-18)9-7-19(15)22-17-5-2-4-16(12-17)20-21-8-11-25-20/h2,4-5,8,11-12,15,18-19,22H,3,6-7,9-10,13-14H2,1H3/t15-,18-,19+/m1/s1. The first-order chi connectivity index (χ1) is 12.3. The number of anilines is 1. The molecule has 0 aliphatic carbocycles. The number of piperidine rings is 1. The van der Waals surface area contributed by atoms with E-state index in [9.17, 15) is 0 Å². The van der Waals surface area contributed by atoms with Crippen LogP contribution in [-0.2, 0) is 4.74 Å². The number of oxazole rings is 1. The first-order valence-corrected chi connectivity index (χ1v) is 9.38. The van der Waals surface area contributed by atoms with E-state index in [1.54, 1.807) is 12.5 Å². The molecule has 0 unspecified atom stereocenters. The van der Waals surface area contributed by atoms with E-state index in [0.717, 1.165) is 43.9 Å². The topological polar surface area (TPSA) is 50.5 Å². The Labute approximate surface area is 149 Å². The summed E-state index contributed by atoms with van der Waals surface area (Å²) in [5.74, 6) is 1.28. The van der Waals surface area contributed by atoms with Crippen molar-refractivity contribution in [3.63, 3.8) is 0 Å². The average Bonchev–Trinajstić information content (AvgIpc) is 3.31. The van der Waals surface area contributed by atoms with Crippen LogP contribution in [0.25, 0.3) is 11.5 Å². The number of likely N-dealkylation sites (tertiary alicyclic amines) is 1. The van der Waals surface area contributed by atoms with Crippen molar-refractivity contribution in [1.29, 1.82) is 0 Å². The van der Waals surface area contributed by atoms with Crippen LogP contribution in [0.5, 0.6) is 0 Å². The number of hydrogen-bond acceptors (Lipinski definition) is 5. The molecule has 0 amide bonds. The molecule has 2 fully saturated rings. The van der Waals surface area contributed by atoms with Crippen molar-refractivity contribution < 1.29 is 9.15 Å². The van der Waals surface area contributed by atoms with Crippen LogP contribution in [0.4, 0.5) is 5.69 Å². The highest BCUT2D eigenvalue weighted by molar-refractivity contribution is 5.61. The van der Waals surface area contributed by atoms with Gasteiger partial charge in [-0.15, -0.1) is 0 Å². The average molecular weight is 341 g/mol. The van der Waals surface area contributed by atoms with Gasteiger partial charge in [-0.25, -0.2) is 4.98 Å². The van der Waals surface area contributed by atoms with Crippen molar-refractivity contribution in [2.75, 3.05) is 31.6 Å². The molecule has 5 nitrogen and oxygen atoms in total. The molecule has 5 heteroatoms. The summed E-state index contributed by atoms with van der Waals surface area (Å²) in [5.41, 5.74) is 2.15. The fraction of sp³-hybridized carbons (Fsp3) is 0.550. The highest BCUT2D eigenvalue weighted by Crippen LogP contribution is 2.26. The number of aromatic nitrogens is 1. The van der Waals surface area contributed by atoms with Gasteiger partial charge in [0.15, 0.2) is 0 Å². The van der Waals surface area contributed by atoms with Gasteiger partial charge in [-0.1, -0.05) is 13.0 Å². The first-order valence-electron chi connectivity index (χ1n) is 9.38. The lowest BCUT2D eigenvalue weighted by Gasteiger charge is -2.38. The van der Waals surface area contributed by atoms with E-state index in [0.29, 0.717) is 24.0 Å². The molecule has 134 valence electrons. The third kappa shape index (κ3) is 4.05. The van der Waals surface area contributed by atoms with Crippen LogP contribution in [0.15, 0.2) is 41.1 Å². The van der Waals surface area contributed by atoms with E-state index in [1.807, 2.05) is 6.07 Å². The van der Waals surface area contributed by atoms with Crippen molar-refractivity contribution in [2.45, 2.75) is 38.3 Å². The molecule has 0 bridgehead atoms. The fourth-order valence-electron chi connectivity index (χ4n) is 4.01. The molecule has 1 N–H and O–H groups in total. The Morgan fingerprint density at radius 2 is 2.28 bits per heavy atom. The minimum Gasteiger partial charge on any atom is -0.445 e. The van der Waals surface area contributed by atoms with Gasteiger partial charge in [-0.05, 0) is 43.4 Å². The molecule has 0 radical (unpaired) electrons. The highest BCUT2D eigenvalue weighted by atomic mass is 16.5. The maximum atomic E-state index is 5.79. The summed E-state index contributed by atoms with van der Waals surface area (Å²) < 4.78 is 11.2. The molecule has 2 aliphatic heterocycles. The van der Waals surface area contributed by atoms with Gasteiger partial charge < -0.3 is 19.4 Å². The second-order valence-corrected chi connectivity index (χ2v) is 7.33. The van der Waals surface area contributed by atoms with Crippen LogP contribution in [-0.4, -0.2) is 48.3 Å². The zero-order chi connectivity index (χ0) is 17.1. The monoisotopic (exact) mass is 341 g/mol. The maximum Gasteiger partial charge on any atom is 0.225 e. The Balaban J connectivity index is 1.35. The van der Waals surface area contributed by atoms with Gasteiger partial charge in [-0.3, -0.25) is 0 Å². The van der Waals surface area contributed by atoms with Crippen LogP contribution in [0.2, 0.25) is 0 Å². The van der Waals surface area contributed by atoms with Crippen LogP contribution in [0.1, 0.15) is 26.2 Å². The summed E-state index contributed by atoms with van der Waals surface area (Å²) in [7, 11) is 0. The minimum absolute atomic E-state index is 0.453. The van der Waals surface area contributed by atoms with Gasteiger partial charge >= 0.3 is 0 Å². The van der Waals surface area contributed by atoms with Crippen LogP contribution >= 0.6 is 0 Å². The molecule has 0 saturated carbocycles. The normalized spacial score (nSPS) is 27.5. The molecule has 4 rings (SSSR count). The summed E-state index contributed by atoms with van der Waals surface area (Å²) in [4.78, 5) is 6.81. The lowest BCUT2D eigenvalue weighted by molar-refractivity contribution is 0.0563. The van der Waals surface area contributed by atoms with Gasteiger partial charge in [-0.2, -0.15) is 0 Å². The maximum absolute atomic E-state index is 5.79. The van der Waals surface area contributed by atoms with E-state index in [-0.39, 0.29) is 0 Å². The lowest BCUT2D eigenvalue weighted by Crippen LogP contribution is -2.47. The van der Waals surface area contributed by atoms with E-state index in [4.69, 9.17) is 9.15 Å². The molecule has 3 heterocycles. The molecular formula is C20H27N3O2. The van der Waals surface area contributed by atoms with Crippen molar-refractivity contribution in [3.05, 3.63) is 36.7 Å². The molecule has 0 spiro atoms. The van der Waals surface area contributed by atoms with E-state index < -0.39 is 0 Å². The molecule has 25 heavy (non-hydrogen) atoms. The van der Waals surface area contributed by atoms with Crippen LogP contribution in [0.3, 0.4) is 0 Å². The third-order valence-corrected chi connectivity index (χ3v) is 5.37. The van der Waals surface area contributed by atoms with Crippen LogP contribution in [0, 0.1) is 5.92 Å². The second-order valence-electron chi connectivity index (χ2n) is 7.33. The molecule has 2 aromatic rings. The number of benzene rings is 1. The Morgan fingerprint density at radius 1 is 1.32 bits per heavy atom. The van der Waals surface area contributed by atoms with Crippen molar-refractivity contribution in [1.82, 2.24) is 9.88 Å². The molecule has 3 atom stereocenters. The number of nitrogens with one attached hydrogen (secondary N) is 1. The summed E-state index contributed by atoms with van der Waals surface area (Å²) in [6, 6.07) is 8.83. The molecule has 1 aromatic carbocycles. The highest BCUT2D eigenvalue weighted by Gasteiger charge is 2.28. The summed E-state index contributed by atoms with van der Waals surface area (Å²) >= 11 is 0. The molecule has 2 aliphatic rings. The Morgan fingerprint density at radius 3 is 3.04 bits per heavy atom. The number of ether oxygens (including phenoxy) is 1. The molecule has 1 aromatic heterocycles. The van der Waals surface area contributed by atoms with Crippen molar-refractivity contribution >= 4 is 5.69 Å². The van der Waals surface area contributed by atoms with Crippen molar-refractivity contribution in [3.8, 4) is 11.5 Å². The van der Waals surface area contributed by atoms with Gasteiger partial charge in [0, 0.05) is 43.5 Å². The predicted octanol–water partition coefficient (Wildman–Crippen LogP) is 3.64. The minimum atomic E-state index is 0.453. The van der Waals surface area contributed by atoms with Gasteiger partial charge in [0.05, 0.1) is 12.3 Å². The number of nitrogens with zero attached hydrogens (tertiary/aromatic N) is 2. The fourth-order valence-corrected chi connectivity index (χ4v) is 4.01. The first kappa shape index (κ1) is 16.6. The van der Waals surface area contributed by atoms with Gasteiger partial charge in [0.1, 0.15) is 6.26 Å². The summed E-state index contributed by atoms with van der Waals surface area (Å²) in [6.07, 6.45) is 7.35. The predicted molar refractivity (Wildman–Crippen MR) is 98.5 cm³/mol. The Bertz CT molecular complexity index is 667. The smallest absolute Gasteiger partial charge is 0.225 e. The SMILES string of the molecule is C[C@@H]1CN(C[C@H]2CCCO2)CC[C@@H]1Nc1cccc(-c2ncco2)c1. The van der Waals surface area contributed by atoms with E-state index in [1.165, 1.54) is 12.8 Å². The van der Waals surface area contributed by atoms with E-state index >= 15 is 0 Å².